The van der Waals surface area contributed by atoms with Gasteiger partial charge in [0.1, 0.15) is 5.75 Å². The Balaban J connectivity index is 1.77. The van der Waals surface area contributed by atoms with Crippen molar-refractivity contribution in [2.45, 2.75) is 58.5 Å². The van der Waals surface area contributed by atoms with Crippen molar-refractivity contribution in [2.75, 3.05) is 17.6 Å². The molecular weight excluding hydrogens is 248 g/mol. The van der Waals surface area contributed by atoms with Gasteiger partial charge in [-0.3, -0.25) is 0 Å². The van der Waals surface area contributed by atoms with Crippen LogP contribution in [0.2, 0.25) is 0 Å². The Morgan fingerprint density at radius 1 is 1.25 bits per heavy atom. The minimum Gasteiger partial charge on any atom is -0.491 e. The van der Waals surface area contributed by atoms with Gasteiger partial charge in [0.2, 0.25) is 0 Å². The molecule has 0 amide bonds. The van der Waals surface area contributed by atoms with Crippen LogP contribution >= 0.6 is 0 Å². The van der Waals surface area contributed by atoms with Crippen LogP contribution < -0.4 is 15.8 Å². The van der Waals surface area contributed by atoms with Crippen molar-refractivity contribution in [3.63, 3.8) is 0 Å². The molecule has 0 atom stereocenters. The molecule has 3 nitrogen and oxygen atoms in total. The Morgan fingerprint density at radius 2 is 2.00 bits per heavy atom. The lowest BCUT2D eigenvalue weighted by Gasteiger charge is -2.14. The number of nitrogens with one attached hydrogen (secondary N) is 1. The number of ether oxygens (including phenoxy) is 1. The molecule has 1 aromatic rings. The lowest BCUT2D eigenvalue weighted by Crippen LogP contribution is -2.08. The van der Waals surface area contributed by atoms with Crippen molar-refractivity contribution in [3.05, 3.63) is 18.2 Å². The largest absolute Gasteiger partial charge is 0.491 e. The summed E-state index contributed by atoms with van der Waals surface area (Å²) >= 11 is 0. The SMILES string of the molecule is CC(C)Oc1cc(N)cc(NCCCC2CCCC2)c1. The highest BCUT2D eigenvalue weighted by atomic mass is 16.5. The second-order valence-corrected chi connectivity index (χ2v) is 6.18. The molecule has 112 valence electrons. The van der Waals surface area contributed by atoms with Crippen LogP contribution in [0.3, 0.4) is 0 Å². The number of benzene rings is 1. The van der Waals surface area contributed by atoms with Crippen molar-refractivity contribution in [2.24, 2.45) is 5.92 Å². The van der Waals surface area contributed by atoms with Gasteiger partial charge in [-0.2, -0.15) is 0 Å². The number of anilines is 2. The highest BCUT2D eigenvalue weighted by Crippen LogP contribution is 2.28. The van der Waals surface area contributed by atoms with E-state index >= 15 is 0 Å². The summed E-state index contributed by atoms with van der Waals surface area (Å²) in [6, 6.07) is 5.89. The first-order valence-electron chi connectivity index (χ1n) is 7.94. The first-order valence-corrected chi connectivity index (χ1v) is 7.94. The zero-order valence-electron chi connectivity index (χ0n) is 12.8. The van der Waals surface area contributed by atoms with Crippen LogP contribution in [0.4, 0.5) is 11.4 Å². The van der Waals surface area contributed by atoms with E-state index in [-0.39, 0.29) is 6.10 Å². The van der Waals surface area contributed by atoms with Gasteiger partial charge >= 0.3 is 0 Å². The Labute approximate surface area is 122 Å². The van der Waals surface area contributed by atoms with E-state index in [2.05, 4.69) is 5.32 Å². The molecule has 0 bridgehead atoms. The van der Waals surface area contributed by atoms with E-state index in [0.29, 0.717) is 0 Å². The molecule has 1 aromatic carbocycles. The van der Waals surface area contributed by atoms with E-state index in [0.717, 1.165) is 29.6 Å². The first kappa shape index (κ1) is 15.0. The average molecular weight is 276 g/mol. The van der Waals surface area contributed by atoms with Gasteiger partial charge in [-0.05, 0) is 38.7 Å². The molecule has 3 N–H and O–H groups in total. The normalized spacial score (nSPS) is 15.8. The minimum absolute atomic E-state index is 0.173. The van der Waals surface area contributed by atoms with Crippen molar-refractivity contribution >= 4 is 11.4 Å². The summed E-state index contributed by atoms with van der Waals surface area (Å²) in [7, 11) is 0. The minimum atomic E-state index is 0.173. The molecule has 1 aliphatic carbocycles. The lowest BCUT2D eigenvalue weighted by atomic mass is 10.0. The van der Waals surface area contributed by atoms with Crippen molar-refractivity contribution in [1.29, 1.82) is 0 Å². The second kappa shape index (κ2) is 7.41. The standard InChI is InChI=1S/C17H28N2O/c1-13(2)20-17-11-15(18)10-16(12-17)19-9-5-8-14-6-3-4-7-14/h10-14,19H,3-9,18H2,1-2H3. The molecule has 1 saturated carbocycles. The Hall–Kier alpha value is -1.38. The number of rotatable bonds is 7. The maximum atomic E-state index is 5.92. The second-order valence-electron chi connectivity index (χ2n) is 6.18. The smallest absolute Gasteiger partial charge is 0.123 e. The maximum Gasteiger partial charge on any atom is 0.123 e. The van der Waals surface area contributed by atoms with Crippen LogP contribution in [0.25, 0.3) is 0 Å². The molecule has 2 rings (SSSR count). The van der Waals surface area contributed by atoms with Gasteiger partial charge in [-0.15, -0.1) is 0 Å². The molecule has 0 unspecified atom stereocenters. The maximum absolute atomic E-state index is 5.92. The van der Waals surface area contributed by atoms with E-state index in [1.54, 1.807) is 0 Å². The summed E-state index contributed by atoms with van der Waals surface area (Å²) in [5.41, 5.74) is 7.73. The third-order valence-electron chi connectivity index (χ3n) is 3.89. The van der Waals surface area contributed by atoms with Crippen LogP contribution in [0, 0.1) is 5.92 Å². The predicted molar refractivity (Wildman–Crippen MR) is 86.3 cm³/mol. The molecular formula is C17H28N2O. The van der Waals surface area contributed by atoms with Gasteiger partial charge in [0.05, 0.1) is 6.10 Å². The summed E-state index contributed by atoms with van der Waals surface area (Å²) in [5, 5.41) is 3.46. The Morgan fingerprint density at radius 3 is 2.70 bits per heavy atom. The lowest BCUT2D eigenvalue weighted by molar-refractivity contribution is 0.242. The predicted octanol–water partition coefficient (Wildman–Crippen LogP) is 4.44. The molecule has 0 spiro atoms. The summed E-state index contributed by atoms with van der Waals surface area (Å²) in [6.45, 7) is 5.07. The fraction of sp³-hybridized carbons (Fsp3) is 0.647. The van der Waals surface area contributed by atoms with Gasteiger partial charge < -0.3 is 15.8 Å². The zero-order valence-corrected chi connectivity index (χ0v) is 12.8. The average Bonchev–Trinajstić information content (AvgIpc) is 2.86. The summed E-state index contributed by atoms with van der Waals surface area (Å²) < 4.78 is 5.70. The molecule has 1 aliphatic rings. The third kappa shape index (κ3) is 4.95. The van der Waals surface area contributed by atoms with E-state index in [1.165, 1.54) is 38.5 Å². The van der Waals surface area contributed by atoms with E-state index in [4.69, 9.17) is 10.5 Å². The summed E-state index contributed by atoms with van der Waals surface area (Å²) in [4.78, 5) is 0. The van der Waals surface area contributed by atoms with Gasteiger partial charge in [0.15, 0.2) is 0 Å². The fourth-order valence-electron chi connectivity index (χ4n) is 2.99. The topological polar surface area (TPSA) is 47.3 Å². The summed E-state index contributed by atoms with van der Waals surface area (Å²) in [5.74, 6) is 1.82. The van der Waals surface area contributed by atoms with Crippen LogP contribution in [0.5, 0.6) is 5.75 Å². The Kier molecular flexibility index (Phi) is 5.57. The van der Waals surface area contributed by atoms with Crippen molar-refractivity contribution in [3.8, 4) is 5.75 Å². The van der Waals surface area contributed by atoms with Gasteiger partial charge in [-0.1, -0.05) is 25.7 Å². The molecule has 1 fully saturated rings. The highest BCUT2D eigenvalue weighted by molar-refractivity contribution is 5.59. The molecule has 0 radical (unpaired) electrons. The van der Waals surface area contributed by atoms with Crippen LogP contribution in [-0.2, 0) is 0 Å². The molecule has 0 aromatic heterocycles. The number of hydrogen-bond donors (Lipinski definition) is 2. The van der Waals surface area contributed by atoms with E-state index in [1.807, 2.05) is 32.0 Å². The molecule has 3 heteroatoms. The number of hydrogen-bond acceptors (Lipinski definition) is 3. The molecule has 0 heterocycles. The molecule has 20 heavy (non-hydrogen) atoms. The number of nitrogen functional groups attached to an aromatic ring is 1. The van der Waals surface area contributed by atoms with Crippen molar-refractivity contribution in [1.82, 2.24) is 0 Å². The first-order chi connectivity index (χ1) is 9.63. The highest BCUT2D eigenvalue weighted by Gasteiger charge is 2.13. The van der Waals surface area contributed by atoms with Crippen LogP contribution in [-0.4, -0.2) is 12.6 Å². The molecule has 0 saturated heterocycles. The Bertz CT molecular complexity index is 411. The summed E-state index contributed by atoms with van der Waals surface area (Å²) in [6.07, 6.45) is 8.50. The van der Waals surface area contributed by atoms with Crippen molar-refractivity contribution < 1.29 is 4.74 Å². The van der Waals surface area contributed by atoms with Gasteiger partial charge in [0, 0.05) is 30.1 Å². The monoisotopic (exact) mass is 276 g/mol. The quantitative estimate of drug-likeness (QED) is 0.572. The molecule has 0 aliphatic heterocycles. The van der Waals surface area contributed by atoms with E-state index < -0.39 is 0 Å². The number of nitrogens with two attached hydrogens (primary N) is 1. The van der Waals surface area contributed by atoms with E-state index in [9.17, 15) is 0 Å². The fourth-order valence-corrected chi connectivity index (χ4v) is 2.99. The van der Waals surface area contributed by atoms with Gasteiger partial charge in [0.25, 0.3) is 0 Å². The van der Waals surface area contributed by atoms with Crippen LogP contribution in [0.15, 0.2) is 18.2 Å². The van der Waals surface area contributed by atoms with Crippen LogP contribution in [0.1, 0.15) is 52.4 Å². The third-order valence-corrected chi connectivity index (χ3v) is 3.89. The van der Waals surface area contributed by atoms with Gasteiger partial charge in [-0.25, -0.2) is 0 Å². The zero-order chi connectivity index (χ0) is 14.4.